The van der Waals surface area contributed by atoms with E-state index in [1.807, 2.05) is 31.2 Å². The zero-order valence-corrected chi connectivity index (χ0v) is 15.6. The van der Waals surface area contributed by atoms with Crippen LogP contribution < -0.4 is 5.32 Å². The first-order valence-corrected chi connectivity index (χ1v) is 9.12. The fourth-order valence-electron chi connectivity index (χ4n) is 2.43. The van der Waals surface area contributed by atoms with E-state index in [1.54, 1.807) is 23.9 Å². The van der Waals surface area contributed by atoms with Gasteiger partial charge in [-0.25, -0.2) is 0 Å². The van der Waals surface area contributed by atoms with Crippen molar-refractivity contribution in [2.24, 2.45) is 0 Å². The highest BCUT2D eigenvalue weighted by Gasteiger charge is 2.22. The van der Waals surface area contributed by atoms with Crippen LogP contribution in [0.15, 0.2) is 41.6 Å². The summed E-state index contributed by atoms with van der Waals surface area (Å²) in [6.07, 6.45) is 1.78. The van der Waals surface area contributed by atoms with Gasteiger partial charge in [-0.1, -0.05) is 41.6 Å². The molecule has 0 saturated carbocycles. The summed E-state index contributed by atoms with van der Waals surface area (Å²) < 4.78 is 1.73. The van der Waals surface area contributed by atoms with Crippen molar-refractivity contribution in [2.45, 2.75) is 25.4 Å². The molecule has 1 aromatic carbocycles. The second-order valence-corrected chi connectivity index (χ2v) is 6.94. The number of carbonyl (C=O) groups excluding carboxylic acids is 1. The van der Waals surface area contributed by atoms with E-state index in [0.717, 1.165) is 17.3 Å². The molecule has 10 heteroatoms. The lowest BCUT2D eigenvalue weighted by Crippen LogP contribution is -2.15. The third-order valence-corrected chi connectivity index (χ3v) is 4.74. The number of nitrogens with one attached hydrogen (secondary N) is 2. The van der Waals surface area contributed by atoms with Crippen molar-refractivity contribution in [3.05, 3.63) is 63.5 Å². The van der Waals surface area contributed by atoms with Crippen LogP contribution in [-0.2, 0) is 11.3 Å². The minimum absolute atomic E-state index is 0.00401. The number of amides is 1. The molecule has 0 radical (unpaired) electrons. The summed E-state index contributed by atoms with van der Waals surface area (Å²) >= 11 is 1.00. The van der Waals surface area contributed by atoms with E-state index in [4.69, 9.17) is 0 Å². The SMILES string of the molecule is Cc1ccc(Cn2ccc(NC(=O)CSc3n[nH]c(C)c3[N+](=O)[O-])n2)cc1. The number of thioether (sulfide) groups is 1. The number of hydrogen-bond acceptors (Lipinski definition) is 6. The first-order valence-electron chi connectivity index (χ1n) is 8.13. The second kappa shape index (κ2) is 8.04. The van der Waals surface area contributed by atoms with Crippen molar-refractivity contribution in [3.63, 3.8) is 0 Å². The maximum absolute atomic E-state index is 12.1. The molecule has 1 amide bonds. The maximum Gasteiger partial charge on any atom is 0.323 e. The molecule has 2 N–H and O–H groups in total. The highest BCUT2D eigenvalue weighted by Crippen LogP contribution is 2.29. The summed E-state index contributed by atoms with van der Waals surface area (Å²) in [4.78, 5) is 22.6. The van der Waals surface area contributed by atoms with E-state index in [0.29, 0.717) is 18.1 Å². The van der Waals surface area contributed by atoms with Crippen LogP contribution in [0.1, 0.15) is 16.8 Å². The number of carbonyl (C=O) groups is 1. The first-order chi connectivity index (χ1) is 12.9. The van der Waals surface area contributed by atoms with E-state index in [1.165, 1.54) is 5.56 Å². The van der Waals surface area contributed by atoms with Crippen LogP contribution in [0, 0.1) is 24.0 Å². The minimum Gasteiger partial charge on any atom is -0.308 e. The molecule has 0 aliphatic rings. The number of rotatable bonds is 7. The number of aromatic amines is 1. The van der Waals surface area contributed by atoms with Gasteiger partial charge < -0.3 is 5.32 Å². The summed E-state index contributed by atoms with van der Waals surface area (Å²) in [5.41, 5.74) is 2.56. The summed E-state index contributed by atoms with van der Waals surface area (Å²) in [5.74, 6) is 0.117. The molecular weight excluding hydrogens is 368 g/mol. The van der Waals surface area contributed by atoms with Gasteiger partial charge in [-0.05, 0) is 19.4 Å². The highest BCUT2D eigenvalue weighted by atomic mass is 32.2. The Hall–Kier alpha value is -3.14. The molecule has 0 saturated heterocycles. The molecule has 0 spiro atoms. The minimum atomic E-state index is -0.508. The molecule has 0 aliphatic carbocycles. The average Bonchev–Trinajstić information content (AvgIpc) is 3.21. The lowest BCUT2D eigenvalue weighted by atomic mass is 10.1. The summed E-state index contributed by atoms with van der Waals surface area (Å²) in [7, 11) is 0. The van der Waals surface area contributed by atoms with Gasteiger partial charge in [-0.2, -0.15) is 10.2 Å². The summed E-state index contributed by atoms with van der Waals surface area (Å²) in [6.45, 7) is 4.20. The number of aryl methyl sites for hydroxylation is 2. The molecule has 0 bridgehead atoms. The van der Waals surface area contributed by atoms with Crippen LogP contribution in [0.4, 0.5) is 11.5 Å². The molecule has 3 rings (SSSR count). The van der Waals surface area contributed by atoms with Crippen LogP contribution in [0.3, 0.4) is 0 Å². The van der Waals surface area contributed by atoms with Gasteiger partial charge in [0.1, 0.15) is 5.69 Å². The molecule has 0 unspecified atom stereocenters. The van der Waals surface area contributed by atoms with Crippen molar-refractivity contribution >= 4 is 29.2 Å². The van der Waals surface area contributed by atoms with Crippen molar-refractivity contribution in [2.75, 3.05) is 11.1 Å². The standard InChI is InChI=1S/C17H18N6O3S/c1-11-3-5-13(6-4-11)9-22-8-7-14(21-22)18-15(24)10-27-17-16(23(25)26)12(2)19-20-17/h3-8H,9-10H2,1-2H3,(H,19,20)(H,18,21,24). The third kappa shape index (κ3) is 4.73. The molecule has 140 valence electrons. The Morgan fingerprint density at radius 1 is 1.30 bits per heavy atom. The Kier molecular flexibility index (Phi) is 5.55. The van der Waals surface area contributed by atoms with Gasteiger partial charge in [0.05, 0.1) is 17.2 Å². The van der Waals surface area contributed by atoms with Crippen LogP contribution in [0.25, 0.3) is 0 Å². The molecule has 27 heavy (non-hydrogen) atoms. The predicted octanol–water partition coefficient (Wildman–Crippen LogP) is 2.91. The van der Waals surface area contributed by atoms with Crippen LogP contribution in [0.5, 0.6) is 0 Å². The first kappa shape index (κ1) is 18.6. The number of H-pyrrole nitrogens is 1. The van der Waals surface area contributed by atoms with E-state index in [9.17, 15) is 14.9 Å². The zero-order chi connectivity index (χ0) is 19.4. The summed E-state index contributed by atoms with van der Waals surface area (Å²) in [5, 5.41) is 24.7. The highest BCUT2D eigenvalue weighted by molar-refractivity contribution is 8.00. The second-order valence-electron chi connectivity index (χ2n) is 5.98. The number of nitro groups is 1. The molecule has 2 aromatic heterocycles. The maximum atomic E-state index is 12.1. The molecule has 9 nitrogen and oxygen atoms in total. The average molecular weight is 386 g/mol. The zero-order valence-electron chi connectivity index (χ0n) is 14.8. The molecule has 2 heterocycles. The third-order valence-electron chi connectivity index (χ3n) is 3.78. The fraction of sp³-hybridized carbons (Fsp3) is 0.235. The number of benzene rings is 1. The van der Waals surface area contributed by atoms with E-state index < -0.39 is 4.92 Å². The lowest BCUT2D eigenvalue weighted by molar-refractivity contribution is -0.388. The van der Waals surface area contributed by atoms with Crippen LogP contribution in [0.2, 0.25) is 0 Å². The predicted molar refractivity (Wildman–Crippen MR) is 102 cm³/mol. The van der Waals surface area contributed by atoms with Gasteiger partial charge in [-0.15, -0.1) is 0 Å². The van der Waals surface area contributed by atoms with Crippen molar-refractivity contribution < 1.29 is 9.72 Å². The van der Waals surface area contributed by atoms with Crippen LogP contribution in [-0.4, -0.2) is 36.6 Å². The van der Waals surface area contributed by atoms with Crippen molar-refractivity contribution in [1.82, 2.24) is 20.0 Å². The summed E-state index contributed by atoms with van der Waals surface area (Å²) in [6, 6.07) is 9.84. The molecule has 0 atom stereocenters. The molecule has 3 aromatic rings. The number of hydrogen-bond donors (Lipinski definition) is 2. The molecule has 0 aliphatic heterocycles. The van der Waals surface area contributed by atoms with Crippen LogP contribution >= 0.6 is 11.8 Å². The quantitative estimate of drug-likeness (QED) is 0.366. The van der Waals surface area contributed by atoms with Gasteiger partial charge in [0.25, 0.3) is 0 Å². The Balaban J connectivity index is 1.55. The number of nitrogens with zero attached hydrogens (tertiary/aromatic N) is 4. The van der Waals surface area contributed by atoms with Crippen molar-refractivity contribution in [3.8, 4) is 0 Å². The largest absolute Gasteiger partial charge is 0.323 e. The molecule has 0 fully saturated rings. The number of aromatic nitrogens is 4. The van der Waals surface area contributed by atoms with E-state index in [-0.39, 0.29) is 22.4 Å². The Morgan fingerprint density at radius 3 is 2.74 bits per heavy atom. The van der Waals surface area contributed by atoms with Crippen molar-refractivity contribution in [1.29, 1.82) is 0 Å². The normalized spacial score (nSPS) is 10.7. The monoisotopic (exact) mass is 386 g/mol. The van der Waals surface area contributed by atoms with Gasteiger partial charge in [0.15, 0.2) is 10.8 Å². The Bertz CT molecular complexity index is 963. The van der Waals surface area contributed by atoms with E-state index >= 15 is 0 Å². The topological polar surface area (TPSA) is 119 Å². The lowest BCUT2D eigenvalue weighted by Gasteiger charge is -2.03. The van der Waals surface area contributed by atoms with Gasteiger partial charge in [0, 0.05) is 12.3 Å². The van der Waals surface area contributed by atoms with E-state index in [2.05, 4.69) is 20.6 Å². The Labute approximate surface area is 159 Å². The number of anilines is 1. The Morgan fingerprint density at radius 2 is 2.04 bits per heavy atom. The smallest absolute Gasteiger partial charge is 0.308 e. The van der Waals surface area contributed by atoms with Gasteiger partial charge in [-0.3, -0.25) is 24.7 Å². The fourth-order valence-corrected chi connectivity index (χ4v) is 3.24. The van der Waals surface area contributed by atoms with Gasteiger partial charge in [0.2, 0.25) is 5.91 Å². The molecular formula is C17H18N6O3S. The van der Waals surface area contributed by atoms with Gasteiger partial charge >= 0.3 is 5.69 Å².